The van der Waals surface area contributed by atoms with Crippen LogP contribution in [0, 0.1) is 0 Å². The van der Waals surface area contributed by atoms with E-state index in [1.54, 1.807) is 4.98 Å². The van der Waals surface area contributed by atoms with Crippen molar-refractivity contribution in [2.24, 2.45) is 0 Å². The van der Waals surface area contributed by atoms with Crippen LogP contribution in [-0.2, 0) is 15.4 Å². The van der Waals surface area contributed by atoms with E-state index in [1.807, 2.05) is 6.92 Å². The van der Waals surface area contributed by atoms with E-state index in [2.05, 4.69) is 0 Å². The predicted molar refractivity (Wildman–Crippen MR) is 112 cm³/mol. The van der Waals surface area contributed by atoms with Gasteiger partial charge in [-0.05, 0) is 19.8 Å². The quantitative estimate of drug-likeness (QED) is 0.0694. The molecule has 1 unspecified atom stereocenters. The van der Waals surface area contributed by atoms with Gasteiger partial charge < -0.3 is 35.1 Å². The monoisotopic (exact) mass is 493 g/mol. The first-order valence-corrected chi connectivity index (χ1v) is 11.1. The van der Waals surface area contributed by atoms with Crippen LogP contribution in [0.25, 0.3) is 0 Å². The summed E-state index contributed by atoms with van der Waals surface area (Å²) in [7, 11) is 0. The minimum absolute atomic E-state index is 0.0940. The number of carbonyl (C=O) groups is 1. The fourth-order valence-corrected chi connectivity index (χ4v) is 3.77. The fourth-order valence-electron chi connectivity index (χ4n) is 3.77. The van der Waals surface area contributed by atoms with Crippen molar-refractivity contribution in [1.29, 1.82) is 0 Å². The number of alkyl halides is 1. The highest BCUT2D eigenvalue weighted by Gasteiger charge is 2.71. The third kappa shape index (κ3) is 5.07. The first-order chi connectivity index (χ1) is 16.0. The molecule has 34 heavy (non-hydrogen) atoms. The van der Waals surface area contributed by atoms with Crippen molar-refractivity contribution in [2.75, 3.05) is 13.2 Å². The summed E-state index contributed by atoms with van der Waals surface area (Å²) in [5.41, 5.74) is -6.87. The van der Waals surface area contributed by atoms with Crippen molar-refractivity contribution in [1.82, 2.24) is 14.6 Å². The SMILES string of the molecule is CCCCCCCC(F)N(O)[C@@]1(O)[C@H](O)[C@@H](CO)O[C@@]1(O)n1cc(C(=O)OCC)c(=O)[nH]c1=O. The number of hydrogen-bond donors (Lipinski definition) is 6. The zero-order chi connectivity index (χ0) is 25.7. The van der Waals surface area contributed by atoms with Crippen LogP contribution in [0.3, 0.4) is 0 Å². The molecular formula is C20H32FN3O10. The number of H-pyrrole nitrogens is 1. The van der Waals surface area contributed by atoms with Gasteiger partial charge in [-0.25, -0.2) is 18.5 Å². The average molecular weight is 493 g/mol. The molecule has 13 nitrogen and oxygen atoms in total. The Balaban J connectivity index is 2.50. The molecule has 6 N–H and O–H groups in total. The minimum atomic E-state index is -3.45. The Morgan fingerprint density at radius 2 is 1.94 bits per heavy atom. The summed E-state index contributed by atoms with van der Waals surface area (Å²) in [4.78, 5) is 38.3. The van der Waals surface area contributed by atoms with Crippen molar-refractivity contribution in [3.63, 3.8) is 0 Å². The van der Waals surface area contributed by atoms with Crippen molar-refractivity contribution in [2.45, 2.75) is 82.5 Å². The highest BCUT2D eigenvalue weighted by atomic mass is 19.1. The Morgan fingerprint density at radius 1 is 1.29 bits per heavy atom. The van der Waals surface area contributed by atoms with Gasteiger partial charge in [-0.1, -0.05) is 32.6 Å². The normalized spacial score (nSPS) is 27.8. The lowest BCUT2D eigenvalue weighted by Gasteiger charge is -2.43. The zero-order valence-corrected chi connectivity index (χ0v) is 19.0. The van der Waals surface area contributed by atoms with E-state index in [-0.39, 0.29) is 17.6 Å². The van der Waals surface area contributed by atoms with E-state index in [4.69, 9.17) is 9.47 Å². The molecule has 2 heterocycles. The van der Waals surface area contributed by atoms with Gasteiger partial charge in [-0.2, -0.15) is 0 Å². The molecule has 0 bridgehead atoms. The minimum Gasteiger partial charge on any atom is -0.462 e. The number of unbranched alkanes of at least 4 members (excludes halogenated alkanes) is 4. The lowest BCUT2D eigenvalue weighted by molar-refractivity contribution is -0.428. The van der Waals surface area contributed by atoms with E-state index in [1.165, 1.54) is 6.92 Å². The smallest absolute Gasteiger partial charge is 0.345 e. The largest absolute Gasteiger partial charge is 0.462 e. The Hall–Kier alpha value is -2.20. The number of aromatic nitrogens is 2. The molecule has 0 radical (unpaired) electrons. The van der Waals surface area contributed by atoms with Gasteiger partial charge >= 0.3 is 17.6 Å². The van der Waals surface area contributed by atoms with Gasteiger partial charge in [0.25, 0.3) is 5.56 Å². The molecule has 5 atom stereocenters. The van der Waals surface area contributed by atoms with Crippen molar-refractivity contribution >= 4 is 5.97 Å². The Labute approximate surface area is 193 Å². The van der Waals surface area contributed by atoms with Crippen LogP contribution in [-0.4, -0.2) is 83.7 Å². The summed E-state index contributed by atoms with van der Waals surface area (Å²) in [5.74, 6) is -4.65. The van der Waals surface area contributed by atoms with E-state index in [9.17, 15) is 44.4 Å². The summed E-state index contributed by atoms with van der Waals surface area (Å²) in [5, 5.41) is 52.5. The summed E-state index contributed by atoms with van der Waals surface area (Å²) < 4.78 is 24.8. The van der Waals surface area contributed by atoms with Crippen LogP contribution in [0.2, 0.25) is 0 Å². The van der Waals surface area contributed by atoms with E-state index in [0.717, 1.165) is 19.3 Å². The lowest BCUT2D eigenvalue weighted by atomic mass is 9.99. The average Bonchev–Trinajstić information content (AvgIpc) is 3.00. The molecule has 1 aromatic heterocycles. The first-order valence-electron chi connectivity index (χ1n) is 11.1. The van der Waals surface area contributed by atoms with Gasteiger partial charge in [0.15, 0.2) is 6.30 Å². The number of aliphatic hydroxyl groups excluding tert-OH is 2. The van der Waals surface area contributed by atoms with Crippen LogP contribution in [0.4, 0.5) is 4.39 Å². The number of nitrogens with zero attached hydrogens (tertiary/aromatic N) is 2. The molecule has 1 aromatic rings. The third-order valence-corrected chi connectivity index (χ3v) is 5.66. The molecule has 14 heteroatoms. The Bertz CT molecular complexity index is 955. The molecule has 2 rings (SSSR count). The maximum absolute atomic E-state index is 14.9. The number of halogens is 1. The number of carbonyl (C=O) groups excluding carboxylic acids is 1. The molecular weight excluding hydrogens is 461 g/mol. The second-order valence-electron chi connectivity index (χ2n) is 7.99. The fraction of sp³-hybridized carbons (Fsp3) is 0.750. The van der Waals surface area contributed by atoms with Gasteiger partial charge in [-0.15, -0.1) is 5.06 Å². The molecule has 1 saturated heterocycles. The van der Waals surface area contributed by atoms with Gasteiger partial charge in [0.05, 0.1) is 13.2 Å². The number of hydroxylamine groups is 2. The summed E-state index contributed by atoms with van der Waals surface area (Å²) in [6.45, 7) is 2.29. The van der Waals surface area contributed by atoms with Gasteiger partial charge in [0.1, 0.15) is 17.8 Å². The molecule has 0 aromatic carbocycles. The maximum atomic E-state index is 14.9. The maximum Gasteiger partial charge on any atom is 0.345 e. The molecule has 0 amide bonds. The second kappa shape index (κ2) is 11.5. The number of esters is 1. The molecule has 0 aliphatic carbocycles. The number of nitrogens with one attached hydrogen (secondary N) is 1. The zero-order valence-electron chi connectivity index (χ0n) is 19.0. The Morgan fingerprint density at radius 3 is 2.53 bits per heavy atom. The molecule has 1 aliphatic heterocycles. The molecule has 1 aliphatic rings. The van der Waals surface area contributed by atoms with Crippen LogP contribution in [0.1, 0.15) is 62.7 Å². The highest BCUT2D eigenvalue weighted by Crippen LogP contribution is 2.44. The van der Waals surface area contributed by atoms with Crippen molar-refractivity contribution in [3.05, 3.63) is 32.6 Å². The van der Waals surface area contributed by atoms with Crippen LogP contribution in [0.15, 0.2) is 15.8 Å². The lowest BCUT2D eigenvalue weighted by Crippen LogP contribution is -2.70. The van der Waals surface area contributed by atoms with Crippen molar-refractivity contribution in [3.8, 4) is 0 Å². The van der Waals surface area contributed by atoms with Crippen molar-refractivity contribution < 1.29 is 44.3 Å². The van der Waals surface area contributed by atoms with Crippen LogP contribution >= 0.6 is 0 Å². The van der Waals surface area contributed by atoms with E-state index >= 15 is 0 Å². The topological polar surface area (TPSA) is 195 Å². The van der Waals surface area contributed by atoms with Gasteiger partial charge in [-0.3, -0.25) is 9.78 Å². The molecule has 0 spiro atoms. The van der Waals surface area contributed by atoms with E-state index in [0.29, 0.717) is 19.0 Å². The first kappa shape index (κ1) is 28.0. The highest BCUT2D eigenvalue weighted by molar-refractivity contribution is 5.88. The number of ether oxygens (including phenoxy) is 2. The summed E-state index contributed by atoms with van der Waals surface area (Å²) >= 11 is 0. The third-order valence-electron chi connectivity index (χ3n) is 5.66. The summed E-state index contributed by atoms with van der Waals surface area (Å²) in [6, 6.07) is 0. The van der Waals surface area contributed by atoms with Gasteiger partial charge in [0, 0.05) is 6.20 Å². The molecule has 1 fully saturated rings. The number of aromatic amines is 1. The Kier molecular flexibility index (Phi) is 9.47. The standard InChI is InChI=1S/C20H32FN3O10/c1-3-5-6-7-8-9-14(21)24(32)19(30)15(26)13(11-25)34-20(19,31)23-10-12(17(28)33-4-2)16(27)22-18(23)29/h10,13-15,25-26,30-32H,3-9,11H2,1-2H3,(H,22,27,29)/t13-,14?,15-,19-,20-/m1/s1. The molecule has 0 saturated carbocycles. The van der Waals surface area contributed by atoms with E-state index < -0.39 is 64.6 Å². The summed E-state index contributed by atoms with van der Waals surface area (Å²) in [6.07, 6.45) is -2.72. The number of aliphatic hydroxyl groups is 4. The second-order valence-corrected chi connectivity index (χ2v) is 7.99. The van der Waals surface area contributed by atoms with Crippen LogP contribution in [0.5, 0.6) is 0 Å². The number of hydrogen-bond acceptors (Lipinski definition) is 11. The number of rotatable bonds is 12. The van der Waals surface area contributed by atoms with Crippen LogP contribution < -0.4 is 11.2 Å². The predicted octanol–water partition coefficient (Wildman–Crippen LogP) is -0.896. The molecule has 194 valence electrons. The van der Waals surface area contributed by atoms with Gasteiger partial charge in [0.2, 0.25) is 5.72 Å².